The fraction of sp³-hybridized carbons (Fsp3) is 0.571. The molecule has 25 heavy (non-hydrogen) atoms. The molecule has 0 heterocycles. The molecule has 0 rings (SSSR count). The number of phosphoric acid groups is 1. The van der Waals surface area contributed by atoms with Crippen molar-refractivity contribution in [3.8, 4) is 0 Å². The number of carboxylic acid groups (broad SMARTS) is 2. The first-order chi connectivity index (χ1) is 11.2. The third kappa shape index (κ3) is 6.35. The fourth-order valence-electron chi connectivity index (χ4n) is 2.08. The molecule has 0 unspecified atom stereocenters. The summed E-state index contributed by atoms with van der Waals surface area (Å²) in [6, 6.07) is 0. The van der Waals surface area contributed by atoms with Crippen LogP contribution in [0.25, 0.3) is 0 Å². The molecule has 0 atom stereocenters. The van der Waals surface area contributed by atoms with E-state index in [1.807, 2.05) is 0 Å². The number of phosphoric ester groups is 1. The largest absolute Gasteiger partial charge is 0.478 e. The Labute approximate surface area is 144 Å². The molecule has 0 bridgehead atoms. The molecule has 0 aromatic carbocycles. The van der Waals surface area contributed by atoms with Crippen molar-refractivity contribution in [2.45, 2.75) is 20.8 Å². The van der Waals surface area contributed by atoms with E-state index >= 15 is 0 Å². The third-order valence-electron chi connectivity index (χ3n) is 3.92. The first-order valence-electron chi connectivity index (χ1n) is 7.01. The van der Waals surface area contributed by atoms with Crippen LogP contribution in [0, 0.1) is 10.8 Å². The van der Waals surface area contributed by atoms with E-state index in [-0.39, 0.29) is 11.1 Å². The molecule has 0 aliphatic carbocycles. The van der Waals surface area contributed by atoms with Crippen LogP contribution in [0.15, 0.2) is 23.3 Å². The highest BCUT2D eigenvalue weighted by atomic mass is 31.2. The van der Waals surface area contributed by atoms with Gasteiger partial charge in [0.1, 0.15) is 0 Å². The van der Waals surface area contributed by atoms with Crippen molar-refractivity contribution in [1.82, 2.24) is 0 Å². The Morgan fingerprint density at radius 1 is 1.00 bits per heavy atom. The maximum Gasteiger partial charge on any atom is 0.469 e. The minimum atomic E-state index is -5.00. The summed E-state index contributed by atoms with van der Waals surface area (Å²) in [4.78, 5) is 40.3. The van der Waals surface area contributed by atoms with E-state index in [0.29, 0.717) is 0 Å². The topological polar surface area (TPSA) is 182 Å². The molecule has 0 aromatic rings. The third-order valence-corrected chi connectivity index (χ3v) is 4.38. The molecular weight excluding hydrogens is 359 g/mol. The second-order valence-electron chi connectivity index (χ2n) is 5.95. The lowest BCUT2D eigenvalue weighted by Crippen LogP contribution is -2.46. The van der Waals surface area contributed by atoms with Crippen molar-refractivity contribution in [1.29, 1.82) is 0 Å². The van der Waals surface area contributed by atoms with Crippen molar-refractivity contribution in [2.24, 2.45) is 10.8 Å². The molecule has 0 saturated heterocycles. The Hall–Kier alpha value is -1.55. The van der Waals surface area contributed by atoms with Crippen molar-refractivity contribution in [2.75, 3.05) is 19.8 Å². The Kier molecular flexibility index (Phi) is 8.16. The highest BCUT2D eigenvalue weighted by Gasteiger charge is 2.47. The standard InChI is InChI=1S/C14H23O10P/c1-9(11(17)18)4-14(5-10(2)12(19)20,8-24-25(21,22)23)13(3,6-15)7-16/h4-5,15-16H,6-8H2,1-3H3,(H,17,18)(H,19,20)(H2,21,22,23). The van der Waals surface area contributed by atoms with Crippen LogP contribution in [0.1, 0.15) is 20.8 Å². The number of aliphatic hydroxyl groups excluding tert-OH is 2. The van der Waals surface area contributed by atoms with Crippen LogP contribution in [0.3, 0.4) is 0 Å². The van der Waals surface area contributed by atoms with E-state index in [2.05, 4.69) is 4.52 Å². The zero-order chi connectivity index (χ0) is 20.1. The molecule has 0 amide bonds. The molecule has 0 radical (unpaired) electrons. The van der Waals surface area contributed by atoms with Gasteiger partial charge in [-0.1, -0.05) is 19.1 Å². The van der Waals surface area contributed by atoms with Gasteiger partial charge in [0.2, 0.25) is 0 Å². The first-order valence-corrected chi connectivity index (χ1v) is 8.54. The van der Waals surface area contributed by atoms with Crippen LogP contribution in [-0.4, -0.2) is 62.0 Å². The normalized spacial score (nSPS) is 16.4. The summed E-state index contributed by atoms with van der Waals surface area (Å²) in [6.45, 7) is 1.28. The van der Waals surface area contributed by atoms with Gasteiger partial charge in [-0.3, -0.25) is 4.52 Å². The summed E-state index contributed by atoms with van der Waals surface area (Å²) < 4.78 is 15.6. The summed E-state index contributed by atoms with van der Waals surface area (Å²) in [5.41, 5.74) is -4.01. The second-order valence-corrected chi connectivity index (χ2v) is 7.19. The van der Waals surface area contributed by atoms with Gasteiger partial charge in [-0.2, -0.15) is 0 Å². The molecule has 0 fully saturated rings. The Balaban J connectivity index is 6.65. The van der Waals surface area contributed by atoms with Gasteiger partial charge in [0.15, 0.2) is 0 Å². The fourth-order valence-corrected chi connectivity index (χ4v) is 2.46. The van der Waals surface area contributed by atoms with E-state index in [1.54, 1.807) is 0 Å². The predicted octanol–water partition coefficient (Wildman–Crippen LogP) is 0.135. The number of carbonyl (C=O) groups is 2. The van der Waals surface area contributed by atoms with Crippen LogP contribution >= 0.6 is 7.82 Å². The van der Waals surface area contributed by atoms with Crippen LogP contribution in [0.4, 0.5) is 0 Å². The summed E-state index contributed by atoms with van der Waals surface area (Å²) in [5, 5.41) is 37.6. The van der Waals surface area contributed by atoms with E-state index in [4.69, 9.17) is 20.0 Å². The molecule has 0 spiro atoms. The van der Waals surface area contributed by atoms with E-state index in [0.717, 1.165) is 12.2 Å². The molecule has 0 aliphatic rings. The zero-order valence-corrected chi connectivity index (χ0v) is 14.9. The first kappa shape index (κ1) is 23.4. The molecule has 0 aliphatic heterocycles. The van der Waals surface area contributed by atoms with Gasteiger partial charge < -0.3 is 30.2 Å². The number of hydrogen-bond donors (Lipinski definition) is 6. The molecule has 0 saturated carbocycles. The summed E-state index contributed by atoms with van der Waals surface area (Å²) >= 11 is 0. The van der Waals surface area contributed by atoms with E-state index in [1.165, 1.54) is 20.8 Å². The summed E-state index contributed by atoms with van der Waals surface area (Å²) in [5.74, 6) is -2.75. The monoisotopic (exact) mass is 382 g/mol. The smallest absolute Gasteiger partial charge is 0.469 e. The quantitative estimate of drug-likeness (QED) is 0.224. The van der Waals surface area contributed by atoms with Crippen molar-refractivity contribution >= 4 is 19.8 Å². The zero-order valence-electron chi connectivity index (χ0n) is 14.0. The number of rotatable bonds is 10. The Morgan fingerprint density at radius 2 is 1.36 bits per heavy atom. The average molecular weight is 382 g/mol. The predicted molar refractivity (Wildman–Crippen MR) is 85.5 cm³/mol. The van der Waals surface area contributed by atoms with E-state index in [9.17, 15) is 24.4 Å². The van der Waals surface area contributed by atoms with Crippen LogP contribution < -0.4 is 0 Å². The van der Waals surface area contributed by atoms with Crippen LogP contribution in [-0.2, 0) is 18.7 Å². The lowest BCUT2D eigenvalue weighted by molar-refractivity contribution is -0.133. The maximum atomic E-state index is 11.2. The lowest BCUT2D eigenvalue weighted by atomic mass is 9.64. The van der Waals surface area contributed by atoms with Crippen molar-refractivity contribution in [3.05, 3.63) is 23.3 Å². The maximum absolute atomic E-state index is 11.2. The number of carboxylic acids is 2. The van der Waals surface area contributed by atoms with Gasteiger partial charge in [0.05, 0.1) is 19.8 Å². The van der Waals surface area contributed by atoms with Gasteiger partial charge in [-0.25, -0.2) is 14.2 Å². The molecule has 0 aromatic heterocycles. The number of aliphatic carboxylic acids is 2. The minimum Gasteiger partial charge on any atom is -0.478 e. The summed E-state index contributed by atoms with van der Waals surface area (Å²) in [6.07, 6.45) is 2.01. The Bertz CT molecular complexity index is 581. The summed E-state index contributed by atoms with van der Waals surface area (Å²) in [7, 11) is -5.00. The Morgan fingerprint density at radius 3 is 1.60 bits per heavy atom. The van der Waals surface area contributed by atoms with Crippen molar-refractivity contribution < 1.29 is 48.9 Å². The lowest BCUT2D eigenvalue weighted by Gasteiger charge is -2.43. The van der Waals surface area contributed by atoms with Gasteiger partial charge in [0.25, 0.3) is 0 Å². The molecule has 11 heteroatoms. The van der Waals surface area contributed by atoms with Gasteiger partial charge in [0, 0.05) is 22.0 Å². The second kappa shape index (κ2) is 8.70. The molecule has 144 valence electrons. The molecule has 6 N–H and O–H groups in total. The number of aliphatic hydroxyl groups is 2. The van der Waals surface area contributed by atoms with Crippen LogP contribution in [0.2, 0.25) is 0 Å². The minimum absolute atomic E-state index is 0.295. The highest BCUT2D eigenvalue weighted by molar-refractivity contribution is 7.46. The molecular formula is C14H23O10P. The number of hydrogen-bond acceptors (Lipinski definition) is 6. The van der Waals surface area contributed by atoms with Crippen LogP contribution in [0.5, 0.6) is 0 Å². The van der Waals surface area contributed by atoms with Gasteiger partial charge in [-0.05, 0) is 13.8 Å². The van der Waals surface area contributed by atoms with Gasteiger partial charge >= 0.3 is 19.8 Å². The average Bonchev–Trinajstić information content (AvgIpc) is 2.50. The van der Waals surface area contributed by atoms with Crippen molar-refractivity contribution in [3.63, 3.8) is 0 Å². The highest BCUT2D eigenvalue weighted by Crippen LogP contribution is 2.47. The van der Waals surface area contributed by atoms with Gasteiger partial charge in [-0.15, -0.1) is 0 Å². The molecule has 10 nitrogen and oxygen atoms in total. The SMILES string of the molecule is CC(=CC(C=C(C)C(=O)O)(COP(=O)(O)O)C(C)(CO)CO)C(=O)O. The van der Waals surface area contributed by atoms with E-state index < -0.39 is 50.4 Å².